The first-order valence-electron chi connectivity index (χ1n) is 4.86. The minimum absolute atomic E-state index is 0.557. The Balaban J connectivity index is 2.20. The van der Waals surface area contributed by atoms with Crippen molar-refractivity contribution in [2.75, 3.05) is 11.9 Å². The summed E-state index contributed by atoms with van der Waals surface area (Å²) in [5.74, 6) is 0. The van der Waals surface area contributed by atoms with Gasteiger partial charge >= 0.3 is 0 Å². The standard InChI is InChI=1S/C11H16N2/c1-8-3-2-4-11-10(8)7-9(13-11)5-6-12/h2-4,9,13H,5-7,12H2,1H3. The van der Waals surface area contributed by atoms with Gasteiger partial charge in [0.05, 0.1) is 0 Å². The first-order chi connectivity index (χ1) is 6.31. The molecule has 13 heavy (non-hydrogen) atoms. The summed E-state index contributed by atoms with van der Waals surface area (Å²) in [6.45, 7) is 2.94. The average molecular weight is 176 g/mol. The summed E-state index contributed by atoms with van der Waals surface area (Å²) in [4.78, 5) is 0. The maximum Gasteiger partial charge on any atom is 0.0378 e. The van der Waals surface area contributed by atoms with E-state index in [0.29, 0.717) is 6.04 Å². The molecule has 1 aromatic rings. The van der Waals surface area contributed by atoms with E-state index in [0.717, 1.165) is 19.4 Å². The SMILES string of the molecule is Cc1cccc2c1CC(CCN)N2. The van der Waals surface area contributed by atoms with Crippen molar-refractivity contribution in [3.05, 3.63) is 29.3 Å². The monoisotopic (exact) mass is 176 g/mol. The largest absolute Gasteiger partial charge is 0.382 e. The van der Waals surface area contributed by atoms with Gasteiger partial charge in [-0.1, -0.05) is 12.1 Å². The van der Waals surface area contributed by atoms with E-state index in [2.05, 4.69) is 30.4 Å². The van der Waals surface area contributed by atoms with E-state index in [4.69, 9.17) is 5.73 Å². The molecule has 0 radical (unpaired) electrons. The fourth-order valence-electron chi connectivity index (χ4n) is 2.00. The molecule has 0 amide bonds. The molecule has 2 heteroatoms. The van der Waals surface area contributed by atoms with E-state index in [-0.39, 0.29) is 0 Å². The first-order valence-corrected chi connectivity index (χ1v) is 4.86. The molecule has 0 aromatic heterocycles. The van der Waals surface area contributed by atoms with Gasteiger partial charge in [0.1, 0.15) is 0 Å². The molecule has 0 aliphatic carbocycles. The minimum atomic E-state index is 0.557. The molecule has 0 saturated carbocycles. The summed E-state index contributed by atoms with van der Waals surface area (Å²) in [6, 6.07) is 6.98. The van der Waals surface area contributed by atoms with Crippen LogP contribution in [-0.2, 0) is 6.42 Å². The van der Waals surface area contributed by atoms with Crippen LogP contribution in [0.5, 0.6) is 0 Å². The Morgan fingerprint density at radius 3 is 3.08 bits per heavy atom. The zero-order valence-electron chi connectivity index (χ0n) is 8.01. The van der Waals surface area contributed by atoms with Gasteiger partial charge in [0, 0.05) is 11.7 Å². The third kappa shape index (κ3) is 1.54. The van der Waals surface area contributed by atoms with Crippen LogP contribution in [0.25, 0.3) is 0 Å². The van der Waals surface area contributed by atoms with Crippen LogP contribution >= 0.6 is 0 Å². The summed E-state index contributed by atoms with van der Waals surface area (Å²) in [6.07, 6.45) is 2.20. The van der Waals surface area contributed by atoms with Gasteiger partial charge in [0.15, 0.2) is 0 Å². The fourth-order valence-corrected chi connectivity index (χ4v) is 2.00. The second kappa shape index (κ2) is 3.38. The van der Waals surface area contributed by atoms with Gasteiger partial charge in [-0.15, -0.1) is 0 Å². The smallest absolute Gasteiger partial charge is 0.0378 e. The fraction of sp³-hybridized carbons (Fsp3) is 0.455. The van der Waals surface area contributed by atoms with E-state index >= 15 is 0 Å². The number of anilines is 1. The van der Waals surface area contributed by atoms with Crippen LogP contribution in [0.15, 0.2) is 18.2 Å². The van der Waals surface area contributed by atoms with Crippen LogP contribution in [0, 0.1) is 6.92 Å². The molecule has 0 fully saturated rings. The molecule has 1 heterocycles. The van der Waals surface area contributed by atoms with E-state index in [1.165, 1.54) is 16.8 Å². The average Bonchev–Trinajstić information content (AvgIpc) is 2.49. The van der Waals surface area contributed by atoms with Crippen LogP contribution in [0.4, 0.5) is 5.69 Å². The normalized spacial score (nSPS) is 19.7. The Morgan fingerprint density at radius 1 is 1.54 bits per heavy atom. The van der Waals surface area contributed by atoms with Gasteiger partial charge in [-0.25, -0.2) is 0 Å². The molecular formula is C11H16N2. The maximum atomic E-state index is 5.54. The molecule has 2 rings (SSSR count). The summed E-state index contributed by atoms with van der Waals surface area (Å²) in [5, 5.41) is 3.50. The molecule has 3 N–H and O–H groups in total. The number of hydrogen-bond acceptors (Lipinski definition) is 2. The zero-order valence-corrected chi connectivity index (χ0v) is 8.01. The molecule has 1 aromatic carbocycles. The third-order valence-corrected chi connectivity index (χ3v) is 2.74. The molecule has 1 aliphatic heterocycles. The van der Waals surface area contributed by atoms with Gasteiger partial charge in [0.25, 0.3) is 0 Å². The van der Waals surface area contributed by atoms with Gasteiger partial charge in [-0.3, -0.25) is 0 Å². The third-order valence-electron chi connectivity index (χ3n) is 2.74. The van der Waals surface area contributed by atoms with Gasteiger partial charge in [0.2, 0.25) is 0 Å². The number of hydrogen-bond donors (Lipinski definition) is 2. The quantitative estimate of drug-likeness (QED) is 0.719. The Bertz CT molecular complexity index is 307. The Hall–Kier alpha value is -1.02. The summed E-state index contributed by atoms with van der Waals surface area (Å²) >= 11 is 0. The van der Waals surface area contributed by atoms with Crippen molar-refractivity contribution in [3.63, 3.8) is 0 Å². The highest BCUT2D eigenvalue weighted by atomic mass is 14.9. The van der Waals surface area contributed by atoms with Crippen LogP contribution in [0.3, 0.4) is 0 Å². The predicted octanol–water partition coefficient (Wildman–Crippen LogP) is 1.68. The van der Waals surface area contributed by atoms with Crippen LogP contribution < -0.4 is 11.1 Å². The van der Waals surface area contributed by atoms with Crippen molar-refractivity contribution in [3.8, 4) is 0 Å². The highest BCUT2D eigenvalue weighted by Gasteiger charge is 2.20. The molecule has 0 bridgehead atoms. The second-order valence-electron chi connectivity index (χ2n) is 3.72. The Morgan fingerprint density at radius 2 is 2.38 bits per heavy atom. The minimum Gasteiger partial charge on any atom is -0.382 e. The molecule has 0 saturated heterocycles. The lowest BCUT2D eigenvalue weighted by atomic mass is 10.0. The Labute approximate surface area is 79.1 Å². The summed E-state index contributed by atoms with van der Waals surface area (Å²) < 4.78 is 0. The van der Waals surface area contributed by atoms with Gasteiger partial charge in [-0.05, 0) is 43.5 Å². The Kier molecular flexibility index (Phi) is 2.23. The summed E-state index contributed by atoms with van der Waals surface area (Å²) in [5.41, 5.74) is 9.71. The lowest BCUT2D eigenvalue weighted by Gasteiger charge is -2.08. The molecule has 2 nitrogen and oxygen atoms in total. The van der Waals surface area contributed by atoms with Gasteiger partial charge < -0.3 is 11.1 Å². The van der Waals surface area contributed by atoms with Crippen molar-refractivity contribution in [2.24, 2.45) is 5.73 Å². The second-order valence-corrected chi connectivity index (χ2v) is 3.72. The number of nitrogens with one attached hydrogen (secondary N) is 1. The summed E-state index contributed by atoms with van der Waals surface area (Å²) in [7, 11) is 0. The van der Waals surface area contributed by atoms with Gasteiger partial charge in [-0.2, -0.15) is 0 Å². The topological polar surface area (TPSA) is 38.0 Å². The van der Waals surface area contributed by atoms with Crippen LogP contribution in [0.1, 0.15) is 17.5 Å². The van der Waals surface area contributed by atoms with E-state index in [1.807, 2.05) is 0 Å². The highest BCUT2D eigenvalue weighted by Crippen LogP contribution is 2.29. The molecule has 1 unspecified atom stereocenters. The number of fused-ring (bicyclic) bond motifs is 1. The van der Waals surface area contributed by atoms with Crippen LogP contribution in [0.2, 0.25) is 0 Å². The molecule has 0 spiro atoms. The highest BCUT2D eigenvalue weighted by molar-refractivity contribution is 5.59. The van der Waals surface area contributed by atoms with Crippen molar-refractivity contribution in [1.82, 2.24) is 0 Å². The zero-order chi connectivity index (χ0) is 9.26. The number of nitrogens with two attached hydrogens (primary N) is 1. The van der Waals surface area contributed by atoms with Crippen LogP contribution in [-0.4, -0.2) is 12.6 Å². The molecular weight excluding hydrogens is 160 g/mol. The van der Waals surface area contributed by atoms with Crippen molar-refractivity contribution >= 4 is 5.69 Å². The van der Waals surface area contributed by atoms with Crippen molar-refractivity contribution in [1.29, 1.82) is 0 Å². The molecule has 1 aliphatic rings. The number of aryl methyl sites for hydroxylation is 1. The van der Waals surface area contributed by atoms with E-state index in [9.17, 15) is 0 Å². The lowest BCUT2D eigenvalue weighted by molar-refractivity contribution is 0.683. The number of rotatable bonds is 2. The first kappa shape index (κ1) is 8.57. The number of benzene rings is 1. The van der Waals surface area contributed by atoms with Crippen molar-refractivity contribution < 1.29 is 0 Å². The maximum absolute atomic E-state index is 5.54. The van der Waals surface area contributed by atoms with E-state index < -0.39 is 0 Å². The van der Waals surface area contributed by atoms with Crippen molar-refractivity contribution in [2.45, 2.75) is 25.8 Å². The molecule has 70 valence electrons. The molecule has 1 atom stereocenters. The van der Waals surface area contributed by atoms with E-state index in [1.54, 1.807) is 0 Å². The lowest BCUT2D eigenvalue weighted by Crippen LogP contribution is -2.19. The predicted molar refractivity (Wildman–Crippen MR) is 56.0 cm³/mol.